The average molecular weight is 293 g/mol. The second-order valence-corrected chi connectivity index (χ2v) is 5.03. The molecule has 0 spiro atoms. The fraction of sp³-hybridized carbons (Fsp3) is 0.333. The van der Waals surface area contributed by atoms with Crippen LogP contribution in [0.5, 0.6) is 0 Å². The number of nitrogens with one attached hydrogen (secondary N) is 1. The minimum Gasteiger partial charge on any atom is -0.361 e. The van der Waals surface area contributed by atoms with Crippen molar-refractivity contribution in [2.24, 2.45) is 0 Å². The van der Waals surface area contributed by atoms with Gasteiger partial charge in [0.25, 0.3) is 5.91 Å². The van der Waals surface area contributed by atoms with Crippen molar-refractivity contribution in [1.29, 1.82) is 0 Å². The Morgan fingerprint density at radius 3 is 2.50 bits per heavy atom. The summed E-state index contributed by atoms with van der Waals surface area (Å²) in [5.41, 5.74) is 3.32. The Labute approximate surface area is 123 Å². The third-order valence-electron chi connectivity index (χ3n) is 3.24. The van der Waals surface area contributed by atoms with Gasteiger partial charge in [-0.1, -0.05) is 17.3 Å². The van der Waals surface area contributed by atoms with Crippen molar-refractivity contribution in [3.05, 3.63) is 52.4 Å². The van der Waals surface area contributed by atoms with Crippen LogP contribution >= 0.6 is 11.6 Å². The number of halogens is 1. The predicted octanol–water partition coefficient (Wildman–Crippen LogP) is 3.52. The predicted molar refractivity (Wildman–Crippen MR) is 77.9 cm³/mol. The summed E-state index contributed by atoms with van der Waals surface area (Å²) in [5, 5.41) is 6.84. The normalized spacial score (nSPS) is 12.2. The van der Waals surface area contributed by atoms with Gasteiger partial charge in [-0.2, -0.15) is 0 Å². The molecule has 1 amide bonds. The molecule has 2 aromatic rings. The number of aromatic nitrogens is 1. The number of hydrogen-bond acceptors (Lipinski definition) is 3. The van der Waals surface area contributed by atoms with Crippen LogP contribution in [0.25, 0.3) is 0 Å². The van der Waals surface area contributed by atoms with Gasteiger partial charge in [-0.15, -0.1) is 11.6 Å². The lowest BCUT2D eigenvalue weighted by Crippen LogP contribution is -2.27. The quantitative estimate of drug-likeness (QED) is 0.877. The summed E-state index contributed by atoms with van der Waals surface area (Å²) >= 11 is 5.73. The van der Waals surface area contributed by atoms with Crippen LogP contribution in [0.1, 0.15) is 45.9 Å². The molecule has 1 N–H and O–H groups in total. The number of hydrogen-bond donors (Lipinski definition) is 1. The molecule has 0 aliphatic carbocycles. The maximum absolute atomic E-state index is 12.2. The zero-order chi connectivity index (χ0) is 14.7. The Morgan fingerprint density at radius 2 is 2.00 bits per heavy atom. The lowest BCUT2D eigenvalue weighted by Gasteiger charge is -2.14. The smallest absolute Gasteiger partial charge is 0.251 e. The van der Waals surface area contributed by atoms with Gasteiger partial charge in [0.1, 0.15) is 5.76 Å². The maximum atomic E-state index is 12.2. The van der Waals surface area contributed by atoms with Gasteiger partial charge in [-0.3, -0.25) is 4.79 Å². The molecule has 4 nitrogen and oxygen atoms in total. The molecule has 0 aliphatic heterocycles. The number of carbonyl (C=O) groups excluding carboxylic acids is 1. The fourth-order valence-corrected chi connectivity index (χ4v) is 2.38. The summed E-state index contributed by atoms with van der Waals surface area (Å²) < 4.78 is 5.12. The van der Waals surface area contributed by atoms with Gasteiger partial charge in [-0.25, -0.2) is 0 Å². The van der Waals surface area contributed by atoms with E-state index in [2.05, 4.69) is 10.5 Å². The summed E-state index contributed by atoms with van der Waals surface area (Å²) in [6.07, 6.45) is 0. The molecule has 0 saturated carbocycles. The number of nitrogens with zero attached hydrogens (tertiary/aromatic N) is 1. The number of aryl methyl sites for hydroxylation is 2. The van der Waals surface area contributed by atoms with Crippen molar-refractivity contribution in [3.63, 3.8) is 0 Å². The van der Waals surface area contributed by atoms with Gasteiger partial charge in [-0.05, 0) is 38.5 Å². The standard InChI is InChI=1S/C15H17ClN2O2/c1-9(14-10(2)18-20-11(14)3)17-15(19)13-6-4-12(8-16)5-7-13/h4-7,9H,8H2,1-3H3,(H,17,19). The fourth-order valence-electron chi connectivity index (χ4n) is 2.21. The Kier molecular flexibility index (Phi) is 4.45. The van der Waals surface area contributed by atoms with E-state index in [-0.39, 0.29) is 11.9 Å². The Hall–Kier alpha value is -1.81. The molecule has 2 rings (SSSR count). The van der Waals surface area contributed by atoms with E-state index in [4.69, 9.17) is 16.1 Å². The van der Waals surface area contributed by atoms with Crippen molar-refractivity contribution in [2.45, 2.75) is 32.7 Å². The van der Waals surface area contributed by atoms with Gasteiger partial charge in [0.2, 0.25) is 0 Å². The average Bonchev–Trinajstić information content (AvgIpc) is 2.78. The first-order chi connectivity index (χ1) is 9.52. The minimum absolute atomic E-state index is 0.126. The largest absolute Gasteiger partial charge is 0.361 e. The molecule has 1 aromatic heterocycles. The van der Waals surface area contributed by atoms with Gasteiger partial charge in [0.05, 0.1) is 11.7 Å². The summed E-state index contributed by atoms with van der Waals surface area (Å²) in [5.74, 6) is 1.05. The van der Waals surface area contributed by atoms with E-state index in [1.807, 2.05) is 32.9 Å². The van der Waals surface area contributed by atoms with Gasteiger partial charge in [0, 0.05) is 17.0 Å². The highest BCUT2D eigenvalue weighted by Gasteiger charge is 2.18. The molecular formula is C15H17ClN2O2. The van der Waals surface area contributed by atoms with Crippen LogP contribution in [0, 0.1) is 13.8 Å². The van der Waals surface area contributed by atoms with E-state index >= 15 is 0 Å². The molecule has 5 heteroatoms. The van der Waals surface area contributed by atoms with Gasteiger partial charge in [0.15, 0.2) is 0 Å². The van der Waals surface area contributed by atoms with Crippen LogP contribution in [-0.4, -0.2) is 11.1 Å². The molecule has 0 bridgehead atoms. The number of amides is 1. The third kappa shape index (κ3) is 3.02. The molecule has 0 aliphatic rings. The van der Waals surface area contributed by atoms with Gasteiger partial charge >= 0.3 is 0 Å². The molecule has 1 heterocycles. The van der Waals surface area contributed by atoms with Crippen molar-refractivity contribution in [1.82, 2.24) is 10.5 Å². The molecular weight excluding hydrogens is 276 g/mol. The van der Waals surface area contributed by atoms with Gasteiger partial charge < -0.3 is 9.84 Å². The monoisotopic (exact) mass is 292 g/mol. The Balaban J connectivity index is 2.11. The summed E-state index contributed by atoms with van der Waals surface area (Å²) in [4.78, 5) is 12.2. The van der Waals surface area contributed by atoms with E-state index in [0.29, 0.717) is 11.4 Å². The topological polar surface area (TPSA) is 55.1 Å². The highest BCUT2D eigenvalue weighted by atomic mass is 35.5. The molecule has 20 heavy (non-hydrogen) atoms. The highest BCUT2D eigenvalue weighted by molar-refractivity contribution is 6.17. The first kappa shape index (κ1) is 14.6. The van der Waals surface area contributed by atoms with Crippen LogP contribution in [0.2, 0.25) is 0 Å². The van der Waals surface area contributed by atoms with Crippen molar-refractivity contribution in [2.75, 3.05) is 0 Å². The van der Waals surface area contributed by atoms with E-state index in [0.717, 1.165) is 22.6 Å². The highest BCUT2D eigenvalue weighted by Crippen LogP contribution is 2.21. The van der Waals surface area contributed by atoms with Crippen LogP contribution < -0.4 is 5.32 Å². The number of rotatable bonds is 4. The zero-order valence-electron chi connectivity index (χ0n) is 11.7. The van der Waals surface area contributed by atoms with E-state index < -0.39 is 0 Å². The second-order valence-electron chi connectivity index (χ2n) is 4.76. The molecule has 0 radical (unpaired) electrons. The lowest BCUT2D eigenvalue weighted by molar-refractivity contribution is 0.0939. The summed E-state index contributed by atoms with van der Waals surface area (Å²) in [6, 6.07) is 7.09. The molecule has 1 aromatic carbocycles. The van der Waals surface area contributed by atoms with Crippen molar-refractivity contribution < 1.29 is 9.32 Å². The maximum Gasteiger partial charge on any atom is 0.251 e. The van der Waals surface area contributed by atoms with Crippen LogP contribution in [0.3, 0.4) is 0 Å². The van der Waals surface area contributed by atoms with E-state index in [1.54, 1.807) is 12.1 Å². The van der Waals surface area contributed by atoms with Crippen LogP contribution in [0.4, 0.5) is 0 Å². The molecule has 1 unspecified atom stereocenters. The number of benzene rings is 1. The second kappa shape index (κ2) is 6.09. The SMILES string of the molecule is Cc1noc(C)c1C(C)NC(=O)c1ccc(CCl)cc1. The molecule has 0 fully saturated rings. The van der Waals surface area contributed by atoms with E-state index in [9.17, 15) is 4.79 Å². The van der Waals surface area contributed by atoms with E-state index in [1.165, 1.54) is 0 Å². The van der Waals surface area contributed by atoms with Crippen LogP contribution in [0.15, 0.2) is 28.8 Å². The van der Waals surface area contributed by atoms with Crippen molar-refractivity contribution in [3.8, 4) is 0 Å². The Bertz CT molecular complexity index is 585. The van der Waals surface area contributed by atoms with Crippen molar-refractivity contribution >= 4 is 17.5 Å². The Morgan fingerprint density at radius 1 is 1.35 bits per heavy atom. The first-order valence-electron chi connectivity index (χ1n) is 6.41. The molecule has 106 valence electrons. The summed E-state index contributed by atoms with van der Waals surface area (Å²) in [6.45, 7) is 5.62. The lowest BCUT2D eigenvalue weighted by atomic mass is 10.1. The summed E-state index contributed by atoms with van der Waals surface area (Å²) in [7, 11) is 0. The minimum atomic E-state index is -0.151. The third-order valence-corrected chi connectivity index (χ3v) is 3.55. The zero-order valence-corrected chi connectivity index (χ0v) is 12.5. The number of alkyl halides is 1. The van der Waals surface area contributed by atoms with Crippen LogP contribution in [-0.2, 0) is 5.88 Å². The molecule has 0 saturated heterocycles. The number of carbonyl (C=O) groups is 1. The molecule has 1 atom stereocenters. The first-order valence-corrected chi connectivity index (χ1v) is 6.95.